The molecular weight excluding hydrogens is 557 g/mol. The number of rotatable bonds is 9. The zero-order valence-electron chi connectivity index (χ0n) is 22.4. The average Bonchev–Trinajstić information content (AvgIpc) is 3.59. The molecule has 5 rings (SSSR count). The summed E-state index contributed by atoms with van der Waals surface area (Å²) < 4.78 is 39.6. The van der Waals surface area contributed by atoms with Gasteiger partial charge in [0, 0.05) is 36.1 Å². The minimum absolute atomic E-state index is 0.0524. The van der Waals surface area contributed by atoms with Gasteiger partial charge in [0.25, 0.3) is 5.91 Å². The van der Waals surface area contributed by atoms with E-state index in [1.54, 1.807) is 13.0 Å². The standard InChI is InChI=1S/C29H30ClF3N6O2/c1-18-4-5-19(26(40)37-20-6-7-22(30)21(15-20)29(31,32)33)14-23(18)38-27(41)28(8-9-28)24-16-25(36-17-35-24)34-10-13-39-11-2-3-12-39/h4-7,14-17H,2-3,8-13H2,1H3,(H,37,40)(H,38,41)(H,34,35,36). The maximum absolute atomic E-state index is 13.5. The van der Waals surface area contributed by atoms with Crippen LogP contribution >= 0.6 is 11.6 Å². The SMILES string of the molecule is Cc1ccc(C(=O)Nc2ccc(Cl)c(C(F)(F)F)c2)cc1NC(=O)C1(c2cc(NCCN3CCCC3)ncn2)CC1. The summed E-state index contributed by atoms with van der Waals surface area (Å²) in [5, 5.41) is 8.27. The molecule has 0 radical (unpaired) electrons. The molecule has 216 valence electrons. The van der Waals surface area contributed by atoms with Crippen molar-refractivity contribution in [2.24, 2.45) is 0 Å². The third kappa shape index (κ3) is 6.62. The quantitative estimate of drug-likeness (QED) is 0.289. The van der Waals surface area contributed by atoms with E-state index >= 15 is 0 Å². The van der Waals surface area contributed by atoms with Crippen molar-refractivity contribution < 1.29 is 22.8 Å². The van der Waals surface area contributed by atoms with E-state index in [4.69, 9.17) is 11.6 Å². The van der Waals surface area contributed by atoms with Crippen LogP contribution in [0.2, 0.25) is 5.02 Å². The molecule has 1 aromatic heterocycles. The first kappa shape index (κ1) is 28.8. The van der Waals surface area contributed by atoms with Gasteiger partial charge in [-0.25, -0.2) is 9.97 Å². The molecular formula is C29H30ClF3N6O2. The number of nitrogens with zero attached hydrogens (tertiary/aromatic N) is 3. The third-order valence-electron chi connectivity index (χ3n) is 7.55. The number of aryl methyl sites for hydroxylation is 1. The highest BCUT2D eigenvalue weighted by Crippen LogP contribution is 2.48. The highest BCUT2D eigenvalue weighted by molar-refractivity contribution is 6.31. The fourth-order valence-corrected chi connectivity index (χ4v) is 5.18. The maximum atomic E-state index is 13.5. The van der Waals surface area contributed by atoms with E-state index in [9.17, 15) is 22.8 Å². The monoisotopic (exact) mass is 586 g/mol. The van der Waals surface area contributed by atoms with Crippen molar-refractivity contribution in [1.82, 2.24) is 14.9 Å². The van der Waals surface area contributed by atoms with Crippen LogP contribution in [0.1, 0.15) is 52.9 Å². The molecule has 2 aliphatic rings. The van der Waals surface area contributed by atoms with Crippen molar-refractivity contribution in [2.45, 2.75) is 44.2 Å². The van der Waals surface area contributed by atoms with Gasteiger partial charge >= 0.3 is 6.18 Å². The third-order valence-corrected chi connectivity index (χ3v) is 7.88. The van der Waals surface area contributed by atoms with Gasteiger partial charge in [0.1, 0.15) is 12.1 Å². The number of anilines is 3. The van der Waals surface area contributed by atoms with E-state index in [2.05, 4.69) is 30.8 Å². The second kappa shape index (κ2) is 11.7. The Bertz CT molecular complexity index is 1450. The second-order valence-electron chi connectivity index (χ2n) is 10.5. The molecule has 3 aromatic rings. The van der Waals surface area contributed by atoms with Crippen LogP contribution in [-0.2, 0) is 16.4 Å². The molecule has 1 aliphatic heterocycles. The predicted molar refractivity (Wildman–Crippen MR) is 151 cm³/mol. The number of amides is 2. The lowest BCUT2D eigenvalue weighted by atomic mass is 10.00. The molecule has 1 saturated heterocycles. The summed E-state index contributed by atoms with van der Waals surface area (Å²) >= 11 is 5.68. The molecule has 3 N–H and O–H groups in total. The normalized spacial score (nSPS) is 16.3. The van der Waals surface area contributed by atoms with Crippen molar-refractivity contribution in [3.05, 3.63) is 76.2 Å². The lowest BCUT2D eigenvalue weighted by Crippen LogP contribution is -2.29. The van der Waals surface area contributed by atoms with Crippen LogP contribution in [0.5, 0.6) is 0 Å². The van der Waals surface area contributed by atoms with Crippen LogP contribution in [0, 0.1) is 6.92 Å². The molecule has 8 nitrogen and oxygen atoms in total. The number of hydrogen-bond acceptors (Lipinski definition) is 6. The highest BCUT2D eigenvalue weighted by Gasteiger charge is 2.53. The number of nitrogens with one attached hydrogen (secondary N) is 3. The Morgan fingerprint density at radius 2 is 1.78 bits per heavy atom. The number of carbonyl (C=O) groups is 2. The van der Waals surface area contributed by atoms with E-state index in [-0.39, 0.29) is 17.2 Å². The predicted octanol–water partition coefficient (Wildman–Crippen LogP) is 5.89. The van der Waals surface area contributed by atoms with Crippen LogP contribution in [0.3, 0.4) is 0 Å². The van der Waals surface area contributed by atoms with Gasteiger partial charge in [-0.05, 0) is 81.6 Å². The second-order valence-corrected chi connectivity index (χ2v) is 10.9. The first-order valence-corrected chi connectivity index (χ1v) is 13.8. The fraction of sp³-hybridized carbons (Fsp3) is 0.379. The molecule has 2 fully saturated rings. The molecule has 0 spiro atoms. The van der Waals surface area contributed by atoms with Crippen molar-refractivity contribution >= 4 is 40.6 Å². The number of carbonyl (C=O) groups excluding carboxylic acids is 2. The Morgan fingerprint density at radius 3 is 2.49 bits per heavy atom. The van der Waals surface area contributed by atoms with E-state index in [0.717, 1.165) is 43.9 Å². The first-order chi connectivity index (χ1) is 19.5. The molecule has 0 unspecified atom stereocenters. The van der Waals surface area contributed by atoms with E-state index in [1.165, 1.54) is 37.4 Å². The summed E-state index contributed by atoms with van der Waals surface area (Å²) in [6.07, 6.45) is 0.506. The number of hydrogen-bond donors (Lipinski definition) is 3. The Labute approximate surface area is 240 Å². The van der Waals surface area contributed by atoms with Crippen LogP contribution < -0.4 is 16.0 Å². The van der Waals surface area contributed by atoms with Gasteiger partial charge < -0.3 is 20.9 Å². The van der Waals surface area contributed by atoms with Crippen molar-refractivity contribution in [3.8, 4) is 0 Å². The lowest BCUT2D eigenvalue weighted by Gasteiger charge is -2.18. The zero-order valence-corrected chi connectivity index (χ0v) is 23.2. The fourth-order valence-electron chi connectivity index (χ4n) is 4.95. The topological polar surface area (TPSA) is 99.2 Å². The Kier molecular flexibility index (Phi) is 8.19. The van der Waals surface area contributed by atoms with Crippen LogP contribution in [0.25, 0.3) is 0 Å². The van der Waals surface area contributed by atoms with Crippen molar-refractivity contribution in [1.29, 1.82) is 0 Å². The van der Waals surface area contributed by atoms with Gasteiger partial charge in [-0.1, -0.05) is 17.7 Å². The van der Waals surface area contributed by atoms with E-state index in [1.807, 2.05) is 6.07 Å². The first-order valence-electron chi connectivity index (χ1n) is 13.4. The lowest BCUT2D eigenvalue weighted by molar-refractivity contribution is -0.137. The zero-order chi connectivity index (χ0) is 29.2. The molecule has 2 aromatic carbocycles. The van der Waals surface area contributed by atoms with Gasteiger partial charge in [-0.2, -0.15) is 13.2 Å². The Morgan fingerprint density at radius 1 is 1.02 bits per heavy atom. The molecule has 12 heteroatoms. The maximum Gasteiger partial charge on any atom is 0.417 e. The molecule has 0 atom stereocenters. The van der Waals surface area contributed by atoms with Gasteiger partial charge in [-0.3, -0.25) is 9.59 Å². The summed E-state index contributed by atoms with van der Waals surface area (Å²) in [5.74, 6) is -0.205. The number of halogens is 4. The molecule has 2 amide bonds. The number of alkyl halides is 3. The van der Waals surface area contributed by atoms with Crippen LogP contribution in [-0.4, -0.2) is 52.9 Å². The highest BCUT2D eigenvalue weighted by atomic mass is 35.5. The van der Waals surface area contributed by atoms with Crippen molar-refractivity contribution in [3.63, 3.8) is 0 Å². The van der Waals surface area contributed by atoms with Crippen LogP contribution in [0.4, 0.5) is 30.4 Å². The van der Waals surface area contributed by atoms with Gasteiger partial charge in [-0.15, -0.1) is 0 Å². The summed E-state index contributed by atoms with van der Waals surface area (Å²) in [6.45, 7) is 5.69. The number of benzene rings is 2. The number of aromatic nitrogens is 2. The largest absolute Gasteiger partial charge is 0.417 e. The van der Waals surface area contributed by atoms with Crippen molar-refractivity contribution in [2.75, 3.05) is 42.1 Å². The molecule has 0 bridgehead atoms. The minimum Gasteiger partial charge on any atom is -0.369 e. The molecule has 2 heterocycles. The summed E-state index contributed by atoms with van der Waals surface area (Å²) in [5.41, 5.74) is 0.0643. The molecule has 41 heavy (non-hydrogen) atoms. The molecule has 1 saturated carbocycles. The van der Waals surface area contributed by atoms with Crippen LogP contribution in [0.15, 0.2) is 48.8 Å². The van der Waals surface area contributed by atoms with Gasteiger partial charge in [0.05, 0.1) is 21.7 Å². The van der Waals surface area contributed by atoms with Gasteiger partial charge in [0.2, 0.25) is 5.91 Å². The van der Waals surface area contributed by atoms with Gasteiger partial charge in [0.15, 0.2) is 0 Å². The minimum atomic E-state index is -4.66. The average molecular weight is 587 g/mol. The smallest absolute Gasteiger partial charge is 0.369 e. The number of likely N-dealkylation sites (tertiary alicyclic amines) is 1. The molecule has 1 aliphatic carbocycles. The Balaban J connectivity index is 1.26. The summed E-state index contributed by atoms with van der Waals surface area (Å²) in [6, 6.07) is 9.68. The summed E-state index contributed by atoms with van der Waals surface area (Å²) in [4.78, 5) is 37.4. The van der Waals surface area contributed by atoms with E-state index < -0.39 is 28.1 Å². The van der Waals surface area contributed by atoms with E-state index in [0.29, 0.717) is 30.0 Å². The summed E-state index contributed by atoms with van der Waals surface area (Å²) in [7, 11) is 0. The Hall–Kier alpha value is -3.70.